The van der Waals surface area contributed by atoms with Crippen molar-refractivity contribution < 1.29 is 0 Å². The highest BCUT2D eigenvalue weighted by atomic mass is 35.5. The van der Waals surface area contributed by atoms with Gasteiger partial charge in [0.05, 0.1) is 0 Å². The number of nitrogens with zero attached hydrogens (tertiary/aromatic N) is 1. The Labute approximate surface area is 136 Å². The molecule has 0 bridgehead atoms. The van der Waals surface area contributed by atoms with Crippen molar-refractivity contribution in [2.24, 2.45) is 5.73 Å². The van der Waals surface area contributed by atoms with E-state index in [9.17, 15) is 0 Å². The number of nitrogens with two attached hydrogens (primary N) is 1. The molecule has 0 aliphatic carbocycles. The summed E-state index contributed by atoms with van der Waals surface area (Å²) < 4.78 is 0. The van der Waals surface area contributed by atoms with Gasteiger partial charge in [-0.25, -0.2) is 0 Å². The molecule has 0 saturated heterocycles. The van der Waals surface area contributed by atoms with Gasteiger partial charge in [0.2, 0.25) is 0 Å². The Bertz CT molecular complexity index is 582. The fourth-order valence-corrected chi connectivity index (χ4v) is 2.98. The number of rotatable bonds is 5. The second-order valence-corrected chi connectivity index (χ2v) is 6.27. The fourth-order valence-electron chi connectivity index (χ4n) is 2.64. The van der Waals surface area contributed by atoms with Gasteiger partial charge in [-0.05, 0) is 49.4 Å². The molecule has 2 rings (SSSR count). The molecule has 2 aromatic rings. The van der Waals surface area contributed by atoms with Crippen LogP contribution in [0.25, 0.3) is 0 Å². The Balaban J connectivity index is 2.19. The summed E-state index contributed by atoms with van der Waals surface area (Å²) in [5, 5.41) is 1.49. The van der Waals surface area contributed by atoms with Crippen LogP contribution in [0.3, 0.4) is 0 Å². The van der Waals surface area contributed by atoms with Crippen LogP contribution >= 0.6 is 23.2 Å². The van der Waals surface area contributed by atoms with Gasteiger partial charge in [-0.1, -0.05) is 47.5 Å². The van der Waals surface area contributed by atoms with Crippen molar-refractivity contribution in [1.29, 1.82) is 0 Å². The van der Waals surface area contributed by atoms with E-state index >= 15 is 0 Å². The van der Waals surface area contributed by atoms with Gasteiger partial charge < -0.3 is 5.73 Å². The zero-order valence-electron chi connectivity index (χ0n) is 12.3. The van der Waals surface area contributed by atoms with Crippen LogP contribution in [0.1, 0.15) is 24.1 Å². The van der Waals surface area contributed by atoms with Gasteiger partial charge >= 0.3 is 0 Å². The van der Waals surface area contributed by atoms with E-state index < -0.39 is 0 Å². The minimum atomic E-state index is 0.00959. The molecule has 0 aliphatic heterocycles. The van der Waals surface area contributed by atoms with Crippen LogP contribution in [-0.4, -0.2) is 18.0 Å². The van der Waals surface area contributed by atoms with E-state index in [-0.39, 0.29) is 12.1 Å². The van der Waals surface area contributed by atoms with Gasteiger partial charge in [-0.15, -0.1) is 0 Å². The maximum atomic E-state index is 6.19. The highest BCUT2D eigenvalue weighted by molar-refractivity contribution is 6.30. The second kappa shape index (κ2) is 7.28. The summed E-state index contributed by atoms with van der Waals surface area (Å²) in [6, 6.07) is 15.9. The lowest BCUT2D eigenvalue weighted by atomic mass is 9.99. The quantitative estimate of drug-likeness (QED) is 0.877. The predicted octanol–water partition coefficient (Wildman–Crippen LogP) is 4.51. The van der Waals surface area contributed by atoms with Gasteiger partial charge in [0.25, 0.3) is 0 Å². The molecule has 0 amide bonds. The highest BCUT2D eigenvalue weighted by Crippen LogP contribution is 2.25. The standard InChI is InChI=1S/C17H20Cl2N2/c1-12(20)17(14-6-8-15(18)9-7-14)21(2)11-13-4-3-5-16(19)10-13/h3-10,12,17H,11,20H2,1-2H3. The molecule has 0 heterocycles. The van der Waals surface area contributed by atoms with Crippen LogP contribution in [0.4, 0.5) is 0 Å². The smallest absolute Gasteiger partial charge is 0.0496 e. The van der Waals surface area contributed by atoms with Crippen molar-refractivity contribution >= 4 is 23.2 Å². The first-order valence-electron chi connectivity index (χ1n) is 6.93. The van der Waals surface area contributed by atoms with Gasteiger partial charge in [0, 0.05) is 28.7 Å². The minimum absolute atomic E-state index is 0.00959. The molecule has 0 aliphatic rings. The van der Waals surface area contributed by atoms with Crippen molar-refractivity contribution in [2.75, 3.05) is 7.05 Å². The molecular formula is C17H20Cl2N2. The summed E-state index contributed by atoms with van der Waals surface area (Å²) in [6.07, 6.45) is 0. The van der Waals surface area contributed by atoms with Gasteiger partial charge in [0.1, 0.15) is 0 Å². The average Bonchev–Trinajstić information content (AvgIpc) is 2.41. The lowest BCUT2D eigenvalue weighted by molar-refractivity contribution is 0.211. The first-order chi connectivity index (χ1) is 9.97. The topological polar surface area (TPSA) is 29.3 Å². The first kappa shape index (κ1) is 16.3. The minimum Gasteiger partial charge on any atom is -0.326 e. The van der Waals surface area contributed by atoms with Crippen LogP contribution in [-0.2, 0) is 6.54 Å². The number of benzene rings is 2. The molecule has 21 heavy (non-hydrogen) atoms. The van der Waals surface area contributed by atoms with E-state index in [0.717, 1.165) is 16.6 Å². The summed E-state index contributed by atoms with van der Waals surface area (Å²) in [5.74, 6) is 0. The summed E-state index contributed by atoms with van der Waals surface area (Å²) in [4.78, 5) is 2.24. The number of hydrogen-bond acceptors (Lipinski definition) is 2. The van der Waals surface area contributed by atoms with Crippen molar-refractivity contribution in [3.8, 4) is 0 Å². The Morgan fingerprint density at radius 3 is 2.29 bits per heavy atom. The van der Waals surface area contributed by atoms with E-state index in [0.29, 0.717) is 0 Å². The second-order valence-electron chi connectivity index (χ2n) is 5.40. The van der Waals surface area contributed by atoms with Crippen molar-refractivity contribution in [3.05, 3.63) is 69.7 Å². The molecule has 0 spiro atoms. The molecule has 112 valence electrons. The van der Waals surface area contributed by atoms with Gasteiger partial charge in [0.15, 0.2) is 0 Å². The Hall–Kier alpha value is -1.06. The van der Waals surface area contributed by atoms with E-state index in [1.807, 2.05) is 49.4 Å². The van der Waals surface area contributed by atoms with Crippen LogP contribution in [0.5, 0.6) is 0 Å². The monoisotopic (exact) mass is 322 g/mol. The van der Waals surface area contributed by atoms with E-state index in [1.54, 1.807) is 0 Å². The van der Waals surface area contributed by atoms with Crippen molar-refractivity contribution in [1.82, 2.24) is 4.90 Å². The third kappa shape index (κ3) is 4.45. The Kier molecular flexibility index (Phi) is 5.65. The third-order valence-corrected chi connectivity index (χ3v) is 3.99. The molecule has 0 aromatic heterocycles. The lowest BCUT2D eigenvalue weighted by Gasteiger charge is -2.31. The Morgan fingerprint density at radius 1 is 1.05 bits per heavy atom. The molecular weight excluding hydrogens is 303 g/mol. The number of likely N-dealkylation sites (N-methyl/N-ethyl adjacent to an activating group) is 1. The summed E-state index contributed by atoms with van der Waals surface area (Å²) in [6.45, 7) is 2.81. The molecule has 0 radical (unpaired) electrons. The van der Waals surface area contributed by atoms with Crippen LogP contribution < -0.4 is 5.73 Å². The predicted molar refractivity (Wildman–Crippen MR) is 90.8 cm³/mol. The maximum absolute atomic E-state index is 6.19. The number of hydrogen-bond donors (Lipinski definition) is 1. The Morgan fingerprint density at radius 2 is 1.71 bits per heavy atom. The first-order valence-corrected chi connectivity index (χ1v) is 7.68. The van der Waals surface area contributed by atoms with E-state index in [4.69, 9.17) is 28.9 Å². The molecule has 2 nitrogen and oxygen atoms in total. The number of halogens is 2. The van der Waals surface area contributed by atoms with Gasteiger partial charge in [-0.2, -0.15) is 0 Å². The lowest BCUT2D eigenvalue weighted by Crippen LogP contribution is -2.36. The maximum Gasteiger partial charge on any atom is 0.0496 e. The fraction of sp³-hybridized carbons (Fsp3) is 0.294. The molecule has 4 heteroatoms. The molecule has 2 atom stereocenters. The van der Waals surface area contributed by atoms with Crippen molar-refractivity contribution in [3.63, 3.8) is 0 Å². The highest BCUT2D eigenvalue weighted by Gasteiger charge is 2.21. The largest absolute Gasteiger partial charge is 0.326 e. The summed E-state index contributed by atoms with van der Waals surface area (Å²) in [5.41, 5.74) is 8.53. The molecule has 0 fully saturated rings. The molecule has 2 N–H and O–H groups in total. The van der Waals surface area contributed by atoms with Crippen LogP contribution in [0.2, 0.25) is 10.0 Å². The SMILES string of the molecule is CC(N)C(c1ccc(Cl)cc1)N(C)Cc1cccc(Cl)c1. The zero-order valence-corrected chi connectivity index (χ0v) is 13.8. The average molecular weight is 323 g/mol. The molecule has 2 aromatic carbocycles. The summed E-state index contributed by atoms with van der Waals surface area (Å²) >= 11 is 12.0. The van der Waals surface area contributed by atoms with Crippen LogP contribution in [0.15, 0.2) is 48.5 Å². The van der Waals surface area contributed by atoms with Crippen molar-refractivity contribution in [2.45, 2.75) is 25.6 Å². The third-order valence-electron chi connectivity index (χ3n) is 3.51. The van der Waals surface area contributed by atoms with Gasteiger partial charge in [-0.3, -0.25) is 4.90 Å². The molecule has 2 unspecified atom stereocenters. The zero-order chi connectivity index (χ0) is 15.4. The normalized spacial score (nSPS) is 14.2. The van der Waals surface area contributed by atoms with E-state index in [2.05, 4.69) is 18.0 Å². The summed E-state index contributed by atoms with van der Waals surface area (Å²) in [7, 11) is 2.07. The van der Waals surface area contributed by atoms with E-state index in [1.165, 1.54) is 11.1 Å². The van der Waals surface area contributed by atoms with Crippen LogP contribution in [0, 0.1) is 0 Å². The molecule has 0 saturated carbocycles.